The van der Waals surface area contributed by atoms with Crippen molar-refractivity contribution in [3.05, 3.63) is 30.3 Å². The van der Waals surface area contributed by atoms with E-state index in [1.54, 1.807) is 0 Å². The van der Waals surface area contributed by atoms with E-state index in [4.69, 9.17) is 0 Å². The van der Waals surface area contributed by atoms with Gasteiger partial charge in [-0.3, -0.25) is 0 Å². The third kappa shape index (κ3) is 1.55. The van der Waals surface area contributed by atoms with Gasteiger partial charge in [-0.25, -0.2) is 0 Å². The minimum atomic E-state index is -0.0891. The first-order valence-electron chi connectivity index (χ1n) is 6.73. The fraction of sp³-hybridized carbons (Fsp3) is 0.562. The van der Waals surface area contributed by atoms with Crippen LogP contribution in [0.4, 0.5) is 0 Å². The predicted octanol–water partition coefficient (Wildman–Crippen LogP) is 2.83. The van der Waals surface area contributed by atoms with Crippen LogP contribution in [0.15, 0.2) is 30.3 Å². The van der Waals surface area contributed by atoms with E-state index in [0.29, 0.717) is 31.5 Å². The fourth-order valence-electron chi connectivity index (χ4n) is 3.94. The first-order valence-corrected chi connectivity index (χ1v) is 8.57. The van der Waals surface area contributed by atoms with Crippen LogP contribution in [-0.2, 0) is 4.79 Å². The normalized spacial score (nSPS) is 37.2. The molecule has 2 saturated carbocycles. The summed E-state index contributed by atoms with van der Waals surface area (Å²) in [6, 6.07) is 10.7. The molecular formula is C16H20OSe. The van der Waals surface area contributed by atoms with Crippen molar-refractivity contribution in [3.8, 4) is 0 Å². The average molecular weight is 307 g/mol. The summed E-state index contributed by atoms with van der Waals surface area (Å²) < 4.78 is 1.44. The number of carbonyl (C=O) groups excluding carboxylic acids is 1. The van der Waals surface area contributed by atoms with Gasteiger partial charge in [0, 0.05) is 0 Å². The van der Waals surface area contributed by atoms with Crippen molar-refractivity contribution < 1.29 is 4.79 Å². The number of Topliss-reactive ketones (excluding diaryl/α,β-unsaturated/α-hetero) is 1. The van der Waals surface area contributed by atoms with Gasteiger partial charge in [0.1, 0.15) is 0 Å². The van der Waals surface area contributed by atoms with Crippen molar-refractivity contribution in [1.82, 2.24) is 0 Å². The van der Waals surface area contributed by atoms with Crippen LogP contribution < -0.4 is 4.46 Å². The molecule has 1 aromatic carbocycles. The second-order valence-corrected chi connectivity index (χ2v) is 9.01. The van der Waals surface area contributed by atoms with Gasteiger partial charge in [-0.2, -0.15) is 0 Å². The first-order chi connectivity index (χ1) is 8.46. The summed E-state index contributed by atoms with van der Waals surface area (Å²) in [7, 11) is 0. The Morgan fingerprint density at radius 3 is 2.39 bits per heavy atom. The molecule has 0 radical (unpaired) electrons. The Morgan fingerprint density at radius 1 is 1.17 bits per heavy atom. The number of carbonyl (C=O) groups is 1. The van der Waals surface area contributed by atoms with Gasteiger partial charge < -0.3 is 0 Å². The SMILES string of the molecule is CC1(C)C(=O)[C@@]2(C)CC[C@H]1[C@H]2[Se]c1ccccc1. The molecule has 0 amide bonds. The minimum absolute atomic E-state index is 0.0377. The van der Waals surface area contributed by atoms with Gasteiger partial charge in [-0.05, 0) is 0 Å². The molecule has 1 nitrogen and oxygen atoms in total. The van der Waals surface area contributed by atoms with Crippen LogP contribution in [0.2, 0.25) is 4.82 Å². The van der Waals surface area contributed by atoms with E-state index < -0.39 is 0 Å². The van der Waals surface area contributed by atoms with Crippen molar-refractivity contribution in [2.75, 3.05) is 0 Å². The molecule has 2 bridgehead atoms. The van der Waals surface area contributed by atoms with E-state index in [9.17, 15) is 4.79 Å². The molecule has 2 aliphatic carbocycles. The molecule has 18 heavy (non-hydrogen) atoms. The number of rotatable bonds is 2. The third-order valence-corrected chi connectivity index (χ3v) is 8.46. The van der Waals surface area contributed by atoms with Crippen LogP contribution in [-0.4, -0.2) is 20.7 Å². The van der Waals surface area contributed by atoms with Crippen molar-refractivity contribution >= 4 is 25.2 Å². The monoisotopic (exact) mass is 308 g/mol. The zero-order chi connectivity index (χ0) is 13.0. The molecule has 3 atom stereocenters. The van der Waals surface area contributed by atoms with E-state index in [0.717, 1.165) is 6.42 Å². The standard InChI is InChI=1S/C16H20OSe/c1-15(2)12-9-10-16(3,14(15)17)13(12)18-11-7-5-4-6-8-11/h4-8,12-13H,9-10H2,1-3H3/t12-,13+,16-/m0/s1. The summed E-state index contributed by atoms with van der Waals surface area (Å²) in [6.07, 6.45) is 2.35. The van der Waals surface area contributed by atoms with Crippen molar-refractivity contribution in [2.24, 2.45) is 16.7 Å². The molecule has 0 spiro atoms. The van der Waals surface area contributed by atoms with Crippen molar-refractivity contribution in [2.45, 2.75) is 38.4 Å². The predicted molar refractivity (Wildman–Crippen MR) is 75.2 cm³/mol. The quantitative estimate of drug-likeness (QED) is 0.768. The summed E-state index contributed by atoms with van der Waals surface area (Å²) >= 11 is 0.431. The fourth-order valence-corrected chi connectivity index (χ4v) is 7.57. The Hall–Kier alpha value is -0.591. The Labute approximate surface area is 116 Å². The van der Waals surface area contributed by atoms with Crippen molar-refractivity contribution in [1.29, 1.82) is 0 Å². The molecule has 0 unspecified atom stereocenters. The van der Waals surface area contributed by atoms with E-state index in [2.05, 4.69) is 51.1 Å². The second kappa shape index (κ2) is 3.95. The van der Waals surface area contributed by atoms with Crippen LogP contribution in [0.25, 0.3) is 0 Å². The molecule has 0 heterocycles. The van der Waals surface area contributed by atoms with Gasteiger partial charge in [-0.15, -0.1) is 0 Å². The van der Waals surface area contributed by atoms with E-state index >= 15 is 0 Å². The third-order valence-electron chi connectivity index (χ3n) is 5.01. The van der Waals surface area contributed by atoms with Gasteiger partial charge >= 0.3 is 116 Å². The summed E-state index contributed by atoms with van der Waals surface area (Å²) in [6.45, 7) is 6.55. The number of hydrogen-bond donors (Lipinski definition) is 0. The van der Waals surface area contributed by atoms with Gasteiger partial charge in [-0.1, -0.05) is 0 Å². The van der Waals surface area contributed by atoms with Gasteiger partial charge in [0.2, 0.25) is 0 Å². The van der Waals surface area contributed by atoms with Crippen molar-refractivity contribution in [3.63, 3.8) is 0 Å². The van der Waals surface area contributed by atoms with Crippen LogP contribution >= 0.6 is 0 Å². The number of hydrogen-bond acceptors (Lipinski definition) is 1. The topological polar surface area (TPSA) is 17.1 Å². The number of benzene rings is 1. The Morgan fingerprint density at radius 2 is 1.83 bits per heavy atom. The Balaban J connectivity index is 1.93. The van der Waals surface area contributed by atoms with Gasteiger partial charge in [0.15, 0.2) is 0 Å². The first kappa shape index (κ1) is 12.4. The summed E-state index contributed by atoms with van der Waals surface area (Å²) in [5.41, 5.74) is -0.127. The molecule has 1 aromatic rings. The van der Waals surface area contributed by atoms with Gasteiger partial charge in [0.25, 0.3) is 0 Å². The molecule has 0 aromatic heterocycles. The average Bonchev–Trinajstić information content (AvgIpc) is 2.74. The molecule has 96 valence electrons. The van der Waals surface area contributed by atoms with Crippen LogP contribution in [0, 0.1) is 16.7 Å². The van der Waals surface area contributed by atoms with Crippen LogP contribution in [0.1, 0.15) is 33.6 Å². The van der Waals surface area contributed by atoms with E-state index in [-0.39, 0.29) is 10.8 Å². The van der Waals surface area contributed by atoms with Gasteiger partial charge in [0.05, 0.1) is 0 Å². The second-order valence-electron chi connectivity index (χ2n) is 6.46. The molecule has 0 saturated heterocycles. The molecule has 0 N–H and O–H groups in total. The molecule has 2 heteroatoms. The zero-order valence-electron chi connectivity index (χ0n) is 11.3. The molecule has 0 aliphatic heterocycles. The number of ketones is 1. The van der Waals surface area contributed by atoms with E-state index in [1.165, 1.54) is 10.9 Å². The summed E-state index contributed by atoms with van der Waals surface area (Å²) in [5, 5.41) is 0. The van der Waals surface area contributed by atoms with E-state index in [1.807, 2.05) is 0 Å². The van der Waals surface area contributed by atoms with Crippen LogP contribution in [0.3, 0.4) is 0 Å². The molecule has 2 fully saturated rings. The maximum absolute atomic E-state index is 12.6. The maximum atomic E-state index is 12.6. The Kier molecular flexibility index (Phi) is 2.73. The summed E-state index contributed by atoms with van der Waals surface area (Å²) in [5.74, 6) is 1.13. The van der Waals surface area contributed by atoms with Crippen LogP contribution in [0.5, 0.6) is 0 Å². The molecule has 3 rings (SSSR count). The molecule has 2 aliphatic rings. The Bertz CT molecular complexity index is 479. The molecular weight excluding hydrogens is 287 g/mol. The zero-order valence-corrected chi connectivity index (χ0v) is 13.0. The number of fused-ring (bicyclic) bond motifs is 2. The summed E-state index contributed by atoms with van der Waals surface area (Å²) in [4.78, 5) is 13.2.